The van der Waals surface area contributed by atoms with Crippen LogP contribution in [0.5, 0.6) is 5.75 Å². The Morgan fingerprint density at radius 1 is 1.12 bits per heavy atom. The Bertz CT molecular complexity index is 513. The van der Waals surface area contributed by atoms with Gasteiger partial charge in [-0.15, -0.1) is 24.0 Å². The Morgan fingerprint density at radius 3 is 2.62 bits per heavy atom. The molecule has 26 heavy (non-hydrogen) atoms. The van der Waals surface area contributed by atoms with E-state index in [1.807, 2.05) is 0 Å². The van der Waals surface area contributed by atoms with E-state index in [0.29, 0.717) is 19.8 Å². The third-order valence-electron chi connectivity index (χ3n) is 3.67. The third-order valence-corrected chi connectivity index (χ3v) is 3.67. The van der Waals surface area contributed by atoms with Crippen LogP contribution < -0.4 is 15.4 Å². The quantitative estimate of drug-likeness (QED) is 0.209. The zero-order valence-corrected chi connectivity index (χ0v) is 18.8. The molecule has 0 unspecified atom stereocenters. The Morgan fingerprint density at radius 2 is 1.92 bits per heavy atom. The van der Waals surface area contributed by atoms with Gasteiger partial charge in [-0.25, -0.2) is 0 Å². The summed E-state index contributed by atoms with van der Waals surface area (Å²) < 4.78 is 15.8. The van der Waals surface area contributed by atoms with Gasteiger partial charge < -0.3 is 24.8 Å². The molecule has 0 fully saturated rings. The van der Waals surface area contributed by atoms with E-state index in [2.05, 4.69) is 47.7 Å². The van der Waals surface area contributed by atoms with Crippen LogP contribution in [0.2, 0.25) is 0 Å². The summed E-state index contributed by atoms with van der Waals surface area (Å²) in [5, 5.41) is 6.63. The molecule has 1 rings (SSSR count). The molecule has 0 aliphatic heterocycles. The first kappa shape index (κ1) is 24.9. The number of hydrogen-bond acceptors (Lipinski definition) is 4. The van der Waals surface area contributed by atoms with Gasteiger partial charge in [0.05, 0.1) is 20.3 Å². The molecule has 0 radical (unpaired) electrons. The van der Waals surface area contributed by atoms with E-state index in [9.17, 15) is 0 Å². The molecular weight excluding hydrogens is 445 g/mol. The summed E-state index contributed by atoms with van der Waals surface area (Å²) >= 11 is 0. The van der Waals surface area contributed by atoms with Gasteiger partial charge in [-0.05, 0) is 43.9 Å². The summed E-state index contributed by atoms with van der Waals surface area (Å²) in [4.78, 5) is 4.57. The number of ether oxygens (including phenoxy) is 3. The average Bonchev–Trinajstić information content (AvgIpc) is 2.62. The molecule has 1 aromatic rings. The number of nitrogens with one attached hydrogen (secondary N) is 2. The van der Waals surface area contributed by atoms with Crippen molar-refractivity contribution in [2.45, 2.75) is 26.7 Å². The summed E-state index contributed by atoms with van der Waals surface area (Å²) in [5.41, 5.74) is 2.40. The molecule has 1 aromatic carbocycles. The third kappa shape index (κ3) is 10.8. The number of rotatable bonds is 12. The van der Waals surface area contributed by atoms with Crippen molar-refractivity contribution in [3.63, 3.8) is 0 Å². The van der Waals surface area contributed by atoms with Crippen LogP contribution in [0.3, 0.4) is 0 Å². The Labute approximate surface area is 175 Å². The molecule has 0 saturated heterocycles. The van der Waals surface area contributed by atoms with Crippen molar-refractivity contribution in [1.82, 2.24) is 10.6 Å². The predicted molar refractivity (Wildman–Crippen MR) is 118 cm³/mol. The molecule has 0 bridgehead atoms. The van der Waals surface area contributed by atoms with Crippen LogP contribution in [0.15, 0.2) is 23.2 Å². The first-order chi connectivity index (χ1) is 12.2. The van der Waals surface area contributed by atoms with Crippen LogP contribution in [0.25, 0.3) is 0 Å². The summed E-state index contributed by atoms with van der Waals surface area (Å²) in [5.74, 6) is 1.78. The highest BCUT2D eigenvalue weighted by Gasteiger charge is 2.02. The van der Waals surface area contributed by atoms with E-state index < -0.39 is 0 Å². The number of aryl methyl sites for hydroxylation is 1. The summed E-state index contributed by atoms with van der Waals surface area (Å²) in [6.45, 7) is 8.49. The molecule has 0 aliphatic carbocycles. The standard InChI is InChI=1S/C19H33N3O3.HI/c1-5-20-19(21-10-6-12-25-14-13-23-3)22-11-9-17-8-7-16(2)18(15-17)24-4;/h7-8,15H,5-6,9-14H2,1-4H3,(H2,20,21,22);1H. The number of guanidine groups is 1. The van der Waals surface area contributed by atoms with Gasteiger partial charge in [-0.1, -0.05) is 12.1 Å². The smallest absolute Gasteiger partial charge is 0.191 e. The largest absolute Gasteiger partial charge is 0.496 e. The Balaban J connectivity index is 0.00000625. The second kappa shape index (κ2) is 16.1. The number of nitrogens with zero attached hydrogens (tertiary/aromatic N) is 1. The van der Waals surface area contributed by atoms with Gasteiger partial charge in [0.15, 0.2) is 5.96 Å². The molecule has 6 nitrogen and oxygen atoms in total. The molecule has 0 heterocycles. The number of benzene rings is 1. The monoisotopic (exact) mass is 479 g/mol. The van der Waals surface area contributed by atoms with Crippen LogP contribution in [0.1, 0.15) is 24.5 Å². The van der Waals surface area contributed by atoms with Gasteiger partial charge >= 0.3 is 0 Å². The lowest BCUT2D eigenvalue weighted by molar-refractivity contribution is 0.0702. The number of aliphatic imine (C=N–C) groups is 1. The molecule has 0 saturated carbocycles. The maximum absolute atomic E-state index is 5.44. The second-order valence-corrected chi connectivity index (χ2v) is 5.70. The SMILES string of the molecule is CCNC(=NCCCOCCOC)NCCc1ccc(C)c(OC)c1.I. The molecule has 7 heteroatoms. The van der Waals surface area contributed by atoms with E-state index in [4.69, 9.17) is 14.2 Å². The van der Waals surface area contributed by atoms with Gasteiger partial charge in [0.1, 0.15) is 5.75 Å². The number of halogens is 1. The van der Waals surface area contributed by atoms with Crippen molar-refractivity contribution in [2.75, 3.05) is 53.7 Å². The lowest BCUT2D eigenvalue weighted by atomic mass is 10.1. The fraction of sp³-hybridized carbons (Fsp3) is 0.632. The highest BCUT2D eigenvalue weighted by molar-refractivity contribution is 14.0. The van der Waals surface area contributed by atoms with Crippen molar-refractivity contribution >= 4 is 29.9 Å². The first-order valence-electron chi connectivity index (χ1n) is 8.93. The van der Waals surface area contributed by atoms with E-state index >= 15 is 0 Å². The Hall–Kier alpha value is -1.06. The summed E-state index contributed by atoms with van der Waals surface area (Å²) in [7, 11) is 3.38. The van der Waals surface area contributed by atoms with Crippen molar-refractivity contribution in [3.05, 3.63) is 29.3 Å². The molecule has 0 atom stereocenters. The molecule has 2 N–H and O–H groups in total. The van der Waals surface area contributed by atoms with Crippen molar-refractivity contribution in [2.24, 2.45) is 4.99 Å². The lowest BCUT2D eigenvalue weighted by Crippen LogP contribution is -2.38. The Kier molecular flexibility index (Phi) is 15.5. The molecule has 0 aromatic heterocycles. The van der Waals surface area contributed by atoms with Crippen LogP contribution in [0.4, 0.5) is 0 Å². The van der Waals surface area contributed by atoms with E-state index in [1.54, 1.807) is 14.2 Å². The fourth-order valence-electron chi connectivity index (χ4n) is 2.29. The van der Waals surface area contributed by atoms with Gasteiger partial charge in [-0.2, -0.15) is 0 Å². The highest BCUT2D eigenvalue weighted by atomic mass is 127. The van der Waals surface area contributed by atoms with E-state index in [1.165, 1.54) is 5.56 Å². The maximum atomic E-state index is 5.44. The second-order valence-electron chi connectivity index (χ2n) is 5.70. The summed E-state index contributed by atoms with van der Waals surface area (Å²) in [6, 6.07) is 6.33. The van der Waals surface area contributed by atoms with Crippen LogP contribution in [0, 0.1) is 6.92 Å². The molecule has 0 spiro atoms. The molecular formula is C19H34IN3O3. The van der Waals surface area contributed by atoms with E-state index in [-0.39, 0.29) is 24.0 Å². The van der Waals surface area contributed by atoms with Gasteiger partial charge in [0.2, 0.25) is 0 Å². The molecule has 150 valence electrons. The maximum Gasteiger partial charge on any atom is 0.191 e. The number of hydrogen-bond donors (Lipinski definition) is 2. The minimum Gasteiger partial charge on any atom is -0.496 e. The van der Waals surface area contributed by atoms with Crippen molar-refractivity contribution < 1.29 is 14.2 Å². The zero-order valence-electron chi connectivity index (χ0n) is 16.5. The first-order valence-corrected chi connectivity index (χ1v) is 8.93. The molecule has 0 aliphatic rings. The average molecular weight is 479 g/mol. The molecule has 0 amide bonds. The zero-order chi connectivity index (χ0) is 18.3. The summed E-state index contributed by atoms with van der Waals surface area (Å²) in [6.07, 6.45) is 1.82. The van der Waals surface area contributed by atoms with Gasteiger partial charge in [0.25, 0.3) is 0 Å². The van der Waals surface area contributed by atoms with Gasteiger partial charge in [0, 0.05) is 33.4 Å². The minimum atomic E-state index is 0. The minimum absolute atomic E-state index is 0. The lowest BCUT2D eigenvalue weighted by Gasteiger charge is -2.12. The normalized spacial score (nSPS) is 11.0. The fourth-order valence-corrected chi connectivity index (χ4v) is 2.29. The van der Waals surface area contributed by atoms with Crippen molar-refractivity contribution in [1.29, 1.82) is 0 Å². The van der Waals surface area contributed by atoms with E-state index in [0.717, 1.165) is 49.7 Å². The van der Waals surface area contributed by atoms with Crippen LogP contribution in [-0.2, 0) is 15.9 Å². The number of methoxy groups -OCH3 is 2. The van der Waals surface area contributed by atoms with Crippen LogP contribution >= 0.6 is 24.0 Å². The topological polar surface area (TPSA) is 64.1 Å². The predicted octanol–water partition coefficient (Wildman–Crippen LogP) is 2.77. The van der Waals surface area contributed by atoms with Crippen LogP contribution in [-0.4, -0.2) is 59.6 Å². The van der Waals surface area contributed by atoms with Gasteiger partial charge in [-0.3, -0.25) is 4.99 Å². The van der Waals surface area contributed by atoms with Crippen molar-refractivity contribution in [3.8, 4) is 5.75 Å². The highest BCUT2D eigenvalue weighted by Crippen LogP contribution is 2.18.